The Balaban J connectivity index is 0.00000300. The number of carbonyl (C=O) groups excluding carboxylic acids is 1. The van der Waals surface area contributed by atoms with E-state index in [2.05, 4.69) is 53.6 Å². The second-order valence-electron chi connectivity index (χ2n) is 7.50. The fourth-order valence-electron chi connectivity index (χ4n) is 3.70. The van der Waals surface area contributed by atoms with Crippen LogP contribution in [0.3, 0.4) is 0 Å². The van der Waals surface area contributed by atoms with E-state index in [1.54, 1.807) is 11.3 Å². The molecule has 9 heteroatoms. The largest absolute Gasteiger partial charge is 0.368 e. The monoisotopic (exact) mass is 535 g/mol. The van der Waals surface area contributed by atoms with Gasteiger partial charge >= 0.3 is 0 Å². The van der Waals surface area contributed by atoms with Crippen molar-refractivity contribution in [2.24, 2.45) is 4.99 Å². The zero-order valence-electron chi connectivity index (χ0n) is 17.7. The van der Waals surface area contributed by atoms with Crippen LogP contribution in [0.4, 0.5) is 0 Å². The van der Waals surface area contributed by atoms with Crippen molar-refractivity contribution in [3.8, 4) is 0 Å². The van der Waals surface area contributed by atoms with Gasteiger partial charge in [-0.3, -0.25) is 9.79 Å². The standard InChI is InChI=1S/C20H33N5O2S.HI/c1-4-21-20(22-15-16(23(2)3)18-8-6-14-28-18)25-11-9-24(10-12-25)19(26)17-7-5-13-27-17;/h6,8,14,16-17H,4-5,7,9-13,15H2,1-3H3,(H,21,22);1H. The third-order valence-corrected chi connectivity index (χ3v) is 6.31. The van der Waals surface area contributed by atoms with E-state index < -0.39 is 0 Å². The number of carbonyl (C=O) groups is 1. The fourth-order valence-corrected chi connectivity index (χ4v) is 4.62. The first-order valence-corrected chi connectivity index (χ1v) is 11.1. The number of nitrogens with zero attached hydrogens (tertiary/aromatic N) is 4. The molecule has 2 fully saturated rings. The van der Waals surface area contributed by atoms with Crippen molar-refractivity contribution in [2.75, 3.05) is 60.0 Å². The summed E-state index contributed by atoms with van der Waals surface area (Å²) in [5.74, 6) is 1.10. The van der Waals surface area contributed by atoms with Gasteiger partial charge in [0.05, 0.1) is 12.6 Å². The Kier molecular flexibility index (Phi) is 10.1. The van der Waals surface area contributed by atoms with Crippen molar-refractivity contribution >= 4 is 47.2 Å². The summed E-state index contributed by atoms with van der Waals surface area (Å²) < 4.78 is 5.56. The van der Waals surface area contributed by atoms with Crippen LogP contribution in [0.15, 0.2) is 22.5 Å². The first-order chi connectivity index (χ1) is 13.6. The van der Waals surface area contributed by atoms with Crippen LogP contribution in [0.5, 0.6) is 0 Å². The Morgan fingerprint density at radius 3 is 2.62 bits per heavy atom. The number of hydrogen-bond donors (Lipinski definition) is 1. The average molecular weight is 535 g/mol. The molecule has 0 radical (unpaired) electrons. The number of nitrogens with one attached hydrogen (secondary N) is 1. The molecule has 2 unspecified atom stereocenters. The topological polar surface area (TPSA) is 60.4 Å². The Hall–Kier alpha value is -0.910. The summed E-state index contributed by atoms with van der Waals surface area (Å²) >= 11 is 1.77. The average Bonchev–Trinajstić information content (AvgIpc) is 3.41. The van der Waals surface area contributed by atoms with E-state index in [0.717, 1.165) is 51.5 Å². The summed E-state index contributed by atoms with van der Waals surface area (Å²) in [6.07, 6.45) is 1.63. The van der Waals surface area contributed by atoms with Crippen LogP contribution in [0.2, 0.25) is 0 Å². The molecule has 7 nitrogen and oxygen atoms in total. The second kappa shape index (κ2) is 12.1. The minimum Gasteiger partial charge on any atom is -0.368 e. The summed E-state index contributed by atoms with van der Waals surface area (Å²) in [4.78, 5) is 25.3. The highest BCUT2D eigenvalue weighted by atomic mass is 127. The van der Waals surface area contributed by atoms with E-state index in [4.69, 9.17) is 9.73 Å². The highest BCUT2D eigenvalue weighted by molar-refractivity contribution is 14.0. The molecule has 1 N–H and O–H groups in total. The van der Waals surface area contributed by atoms with E-state index in [0.29, 0.717) is 13.2 Å². The first-order valence-electron chi connectivity index (χ1n) is 10.2. The van der Waals surface area contributed by atoms with Crippen molar-refractivity contribution in [1.82, 2.24) is 20.0 Å². The van der Waals surface area contributed by atoms with Crippen LogP contribution >= 0.6 is 35.3 Å². The number of likely N-dealkylation sites (N-methyl/N-ethyl adjacent to an activating group) is 1. The Morgan fingerprint density at radius 2 is 2.07 bits per heavy atom. The molecule has 0 bridgehead atoms. The number of halogens is 1. The normalized spacial score (nSPS) is 21.2. The SMILES string of the molecule is CCNC(=NCC(c1cccs1)N(C)C)N1CCN(C(=O)C2CCCO2)CC1.I. The molecule has 164 valence electrons. The van der Waals surface area contributed by atoms with E-state index >= 15 is 0 Å². The highest BCUT2D eigenvalue weighted by Gasteiger charge is 2.31. The molecule has 1 aromatic rings. The van der Waals surface area contributed by atoms with Gasteiger partial charge in [-0.15, -0.1) is 35.3 Å². The summed E-state index contributed by atoms with van der Waals surface area (Å²) in [5.41, 5.74) is 0. The number of ether oxygens (including phenoxy) is 1. The lowest BCUT2D eigenvalue weighted by Gasteiger charge is -2.37. The Bertz CT molecular complexity index is 641. The molecule has 1 amide bonds. The van der Waals surface area contributed by atoms with E-state index in [1.807, 2.05) is 4.90 Å². The van der Waals surface area contributed by atoms with E-state index in [-0.39, 0.29) is 42.0 Å². The lowest BCUT2D eigenvalue weighted by atomic mass is 10.2. The van der Waals surface area contributed by atoms with Gasteiger partial charge in [0.15, 0.2) is 5.96 Å². The van der Waals surface area contributed by atoms with Crippen LogP contribution in [-0.2, 0) is 9.53 Å². The number of hydrogen-bond acceptors (Lipinski definition) is 5. The molecule has 0 aliphatic carbocycles. The molecule has 0 saturated carbocycles. The molecule has 3 heterocycles. The van der Waals surface area contributed by atoms with Crippen LogP contribution < -0.4 is 5.32 Å². The maximum absolute atomic E-state index is 12.6. The molecule has 1 aromatic heterocycles. The summed E-state index contributed by atoms with van der Waals surface area (Å²) in [7, 11) is 4.20. The zero-order chi connectivity index (χ0) is 19.9. The maximum Gasteiger partial charge on any atom is 0.251 e. The number of rotatable bonds is 6. The van der Waals surface area contributed by atoms with Crippen LogP contribution in [0.25, 0.3) is 0 Å². The smallest absolute Gasteiger partial charge is 0.251 e. The van der Waals surface area contributed by atoms with Crippen LogP contribution in [0, 0.1) is 0 Å². The van der Waals surface area contributed by atoms with Gasteiger partial charge in [0.2, 0.25) is 0 Å². The predicted molar refractivity (Wildman–Crippen MR) is 129 cm³/mol. The second-order valence-corrected chi connectivity index (χ2v) is 8.48. The van der Waals surface area contributed by atoms with Crippen molar-refractivity contribution in [3.63, 3.8) is 0 Å². The van der Waals surface area contributed by atoms with Gasteiger partial charge in [-0.2, -0.15) is 0 Å². The molecule has 2 aliphatic rings. The molecule has 29 heavy (non-hydrogen) atoms. The number of thiophene rings is 1. The van der Waals surface area contributed by atoms with E-state index in [9.17, 15) is 4.79 Å². The Morgan fingerprint density at radius 1 is 1.34 bits per heavy atom. The third kappa shape index (κ3) is 6.53. The van der Waals surface area contributed by atoms with Gasteiger partial charge in [-0.05, 0) is 45.3 Å². The molecule has 0 aromatic carbocycles. The van der Waals surface area contributed by atoms with Gasteiger partial charge < -0.3 is 24.8 Å². The number of piperazine rings is 1. The first kappa shape index (κ1) is 24.4. The van der Waals surface area contributed by atoms with E-state index in [1.165, 1.54) is 4.88 Å². The van der Waals surface area contributed by atoms with Crippen molar-refractivity contribution in [2.45, 2.75) is 31.9 Å². The van der Waals surface area contributed by atoms with Gasteiger partial charge in [0.25, 0.3) is 5.91 Å². The van der Waals surface area contributed by atoms with Crippen LogP contribution in [-0.4, -0.2) is 92.6 Å². The third-order valence-electron chi connectivity index (χ3n) is 5.34. The van der Waals surface area contributed by atoms with Gasteiger partial charge in [-0.1, -0.05) is 6.07 Å². The summed E-state index contributed by atoms with van der Waals surface area (Å²) in [5, 5.41) is 5.54. The van der Waals surface area contributed by atoms with Crippen molar-refractivity contribution in [3.05, 3.63) is 22.4 Å². The van der Waals surface area contributed by atoms with Crippen molar-refractivity contribution in [1.29, 1.82) is 0 Å². The molecular weight excluding hydrogens is 501 g/mol. The maximum atomic E-state index is 12.6. The lowest BCUT2D eigenvalue weighted by molar-refractivity contribution is -0.142. The minimum atomic E-state index is -0.222. The predicted octanol–water partition coefficient (Wildman–Crippen LogP) is 2.26. The minimum absolute atomic E-state index is 0. The molecule has 2 atom stereocenters. The fraction of sp³-hybridized carbons (Fsp3) is 0.700. The lowest BCUT2D eigenvalue weighted by Crippen LogP contribution is -2.55. The van der Waals surface area contributed by atoms with Gasteiger partial charge in [0, 0.05) is 44.2 Å². The summed E-state index contributed by atoms with van der Waals surface area (Å²) in [6.45, 7) is 7.41. The molecular formula is C20H34IN5O2S. The number of amides is 1. The molecule has 2 saturated heterocycles. The zero-order valence-corrected chi connectivity index (χ0v) is 20.8. The number of aliphatic imine (C=N–C) groups is 1. The molecule has 2 aliphatic heterocycles. The van der Waals surface area contributed by atoms with Gasteiger partial charge in [-0.25, -0.2) is 0 Å². The highest BCUT2D eigenvalue weighted by Crippen LogP contribution is 2.23. The quantitative estimate of drug-likeness (QED) is 0.344. The van der Waals surface area contributed by atoms with Gasteiger partial charge in [0.1, 0.15) is 6.10 Å². The summed E-state index contributed by atoms with van der Waals surface area (Å²) in [6, 6.07) is 4.54. The molecule has 3 rings (SSSR count). The van der Waals surface area contributed by atoms with Crippen molar-refractivity contribution < 1.29 is 9.53 Å². The molecule has 0 spiro atoms. The Labute approximate surface area is 195 Å². The van der Waals surface area contributed by atoms with Crippen LogP contribution in [0.1, 0.15) is 30.7 Å². The number of guanidine groups is 1.